The van der Waals surface area contributed by atoms with Crippen LogP contribution in [0.15, 0.2) is 51.3 Å². The molecule has 7 nitrogen and oxygen atoms in total. The average molecular weight is 516 g/mol. The second kappa shape index (κ2) is 10.6. The molecule has 2 aromatic heterocycles. The van der Waals surface area contributed by atoms with Gasteiger partial charge in [-0.2, -0.15) is 0 Å². The van der Waals surface area contributed by atoms with Gasteiger partial charge in [0, 0.05) is 19.0 Å². The first-order valence-corrected chi connectivity index (χ1v) is 12.6. The molecule has 1 atom stereocenters. The molecule has 1 aliphatic rings. The van der Waals surface area contributed by atoms with Crippen molar-refractivity contribution in [3.05, 3.63) is 64.0 Å². The van der Waals surface area contributed by atoms with E-state index in [1.54, 1.807) is 0 Å². The third-order valence-corrected chi connectivity index (χ3v) is 7.14. The van der Waals surface area contributed by atoms with Gasteiger partial charge in [-0.25, -0.2) is 0 Å². The fourth-order valence-corrected chi connectivity index (χ4v) is 4.82. The van der Waals surface area contributed by atoms with Gasteiger partial charge in [0.05, 0.1) is 15.4 Å². The van der Waals surface area contributed by atoms with E-state index in [1.165, 1.54) is 5.56 Å². The minimum absolute atomic E-state index is 0.187. The molecule has 0 amide bonds. The number of aromatic nitrogens is 2. The number of furan rings is 1. The van der Waals surface area contributed by atoms with Gasteiger partial charge < -0.3 is 23.6 Å². The summed E-state index contributed by atoms with van der Waals surface area (Å²) >= 11 is 12.2. The Bertz CT molecular complexity index is 1300. The number of likely N-dealkylation sites (tertiary alicyclic amines) is 1. The Morgan fingerprint density at radius 3 is 2.66 bits per heavy atom. The van der Waals surface area contributed by atoms with Crippen LogP contribution < -0.4 is 4.74 Å². The lowest BCUT2D eigenvalue weighted by Gasteiger charge is -2.33. The summed E-state index contributed by atoms with van der Waals surface area (Å²) in [5, 5.41) is 20.7. The highest BCUT2D eigenvalue weighted by atomic mass is 35.5. The second-order valence-corrected chi connectivity index (χ2v) is 9.66. The van der Waals surface area contributed by atoms with Crippen LogP contribution in [0.4, 0.5) is 0 Å². The molecule has 0 saturated carbocycles. The fraction of sp³-hybridized carbons (Fsp3) is 0.385. The number of hydrogen-bond acceptors (Lipinski definition) is 7. The second-order valence-electron chi connectivity index (χ2n) is 8.85. The molecule has 35 heavy (non-hydrogen) atoms. The highest BCUT2D eigenvalue weighted by Crippen LogP contribution is 2.34. The summed E-state index contributed by atoms with van der Waals surface area (Å²) in [6.07, 6.45) is 2.07. The van der Waals surface area contributed by atoms with E-state index in [0.717, 1.165) is 31.3 Å². The Labute approximate surface area is 213 Å². The van der Waals surface area contributed by atoms with Gasteiger partial charge in [0.25, 0.3) is 5.89 Å². The highest BCUT2D eigenvalue weighted by molar-refractivity contribution is 6.42. The summed E-state index contributed by atoms with van der Waals surface area (Å²) < 4.78 is 17.5. The number of nitrogens with zero attached hydrogens (tertiary/aromatic N) is 3. The van der Waals surface area contributed by atoms with Crippen molar-refractivity contribution < 1.29 is 18.7 Å². The lowest BCUT2D eigenvalue weighted by Crippen LogP contribution is -2.40. The molecular weight excluding hydrogens is 489 g/mol. The summed E-state index contributed by atoms with van der Waals surface area (Å²) in [7, 11) is 0. The van der Waals surface area contributed by atoms with Crippen LogP contribution in [0.3, 0.4) is 0 Å². The average Bonchev–Trinajstić information content (AvgIpc) is 3.52. The van der Waals surface area contributed by atoms with Crippen molar-refractivity contribution in [2.45, 2.75) is 38.2 Å². The maximum atomic E-state index is 10.6. The molecule has 9 heteroatoms. The van der Waals surface area contributed by atoms with Crippen LogP contribution >= 0.6 is 23.2 Å². The molecule has 0 radical (unpaired) electrons. The maximum absolute atomic E-state index is 10.6. The number of halogens is 2. The van der Waals surface area contributed by atoms with Crippen molar-refractivity contribution in [2.24, 2.45) is 0 Å². The Balaban J connectivity index is 1.16. The lowest BCUT2D eigenvalue weighted by molar-refractivity contribution is 0.0599. The molecule has 1 N–H and O–H groups in total. The summed E-state index contributed by atoms with van der Waals surface area (Å²) in [5.41, 5.74) is 1.88. The van der Waals surface area contributed by atoms with Crippen LogP contribution in [0.1, 0.15) is 37.1 Å². The molecule has 2 aromatic carbocycles. The molecule has 184 valence electrons. The maximum Gasteiger partial charge on any atom is 0.283 e. The number of aliphatic hydroxyl groups excluding tert-OH is 1. The molecule has 1 saturated heterocycles. The number of hydrogen-bond donors (Lipinski definition) is 1. The zero-order valence-electron chi connectivity index (χ0n) is 19.4. The minimum atomic E-state index is -0.610. The van der Waals surface area contributed by atoms with Crippen molar-refractivity contribution >= 4 is 34.2 Å². The number of benzene rings is 2. The largest absolute Gasteiger partial charge is 0.490 e. The number of aliphatic hydroxyl groups is 1. The van der Waals surface area contributed by atoms with Gasteiger partial charge in [0.1, 0.15) is 24.0 Å². The van der Waals surface area contributed by atoms with Crippen LogP contribution in [-0.4, -0.2) is 52.5 Å². The molecule has 0 bridgehead atoms. The van der Waals surface area contributed by atoms with Crippen molar-refractivity contribution in [3.63, 3.8) is 0 Å². The predicted octanol–water partition coefficient (Wildman–Crippen LogP) is 5.97. The van der Waals surface area contributed by atoms with E-state index < -0.39 is 6.10 Å². The molecule has 3 heterocycles. The van der Waals surface area contributed by atoms with E-state index in [2.05, 4.69) is 21.2 Å². The molecule has 5 rings (SSSR count). The summed E-state index contributed by atoms with van der Waals surface area (Å²) in [6, 6.07) is 13.3. The van der Waals surface area contributed by atoms with Gasteiger partial charge >= 0.3 is 0 Å². The van der Waals surface area contributed by atoms with Gasteiger partial charge in [0.15, 0.2) is 5.76 Å². The van der Waals surface area contributed by atoms with Crippen LogP contribution in [0, 0.1) is 0 Å². The number of fused-ring (bicyclic) bond motifs is 1. The molecule has 0 spiro atoms. The summed E-state index contributed by atoms with van der Waals surface area (Å²) in [6.45, 7) is 4.51. The van der Waals surface area contributed by atoms with Crippen LogP contribution in [0.25, 0.3) is 22.6 Å². The van der Waals surface area contributed by atoms with Crippen molar-refractivity contribution in [1.29, 1.82) is 0 Å². The number of ether oxygens (including phenoxy) is 1. The zero-order valence-corrected chi connectivity index (χ0v) is 20.9. The number of aryl methyl sites for hydroxylation is 1. The standard InChI is InChI=1S/C26H27Cl2N3O4/c1-2-25-29-30-26(35-25)24-13-19-22(4-3-5-23(19)34-24)33-15-18(32)14-31-10-8-16(9-11-31)17-6-7-20(27)21(28)12-17/h3-7,12-13,16,18,32H,2,8-11,14-15H2,1H3/t18-/m0/s1. The monoisotopic (exact) mass is 515 g/mol. The molecular formula is C26H27Cl2N3O4. The fourth-order valence-electron chi connectivity index (χ4n) is 4.51. The molecule has 0 unspecified atom stereocenters. The van der Waals surface area contributed by atoms with Gasteiger partial charge in [-0.3, -0.25) is 0 Å². The predicted molar refractivity (Wildman–Crippen MR) is 135 cm³/mol. The lowest BCUT2D eigenvalue weighted by atomic mass is 9.89. The van der Waals surface area contributed by atoms with E-state index in [9.17, 15) is 5.11 Å². The van der Waals surface area contributed by atoms with Crippen molar-refractivity contribution in [1.82, 2.24) is 15.1 Å². The van der Waals surface area contributed by atoms with Gasteiger partial charge in [-0.1, -0.05) is 42.3 Å². The Kier molecular flexibility index (Phi) is 7.29. The van der Waals surface area contributed by atoms with Crippen molar-refractivity contribution in [2.75, 3.05) is 26.2 Å². The Morgan fingerprint density at radius 1 is 1.09 bits per heavy atom. The van der Waals surface area contributed by atoms with Gasteiger partial charge in [-0.15, -0.1) is 10.2 Å². The van der Waals surface area contributed by atoms with Gasteiger partial charge in [-0.05, 0) is 61.7 Å². The smallest absolute Gasteiger partial charge is 0.283 e. The third-order valence-electron chi connectivity index (χ3n) is 6.40. The zero-order chi connectivity index (χ0) is 24.4. The normalized spacial score (nSPS) is 16.1. The van der Waals surface area contributed by atoms with E-state index in [0.29, 0.717) is 57.8 Å². The summed E-state index contributed by atoms with van der Waals surface area (Å²) in [5.74, 6) is 2.49. The Hall–Kier alpha value is -2.58. The van der Waals surface area contributed by atoms with E-state index in [4.69, 9.17) is 36.8 Å². The molecule has 1 fully saturated rings. The van der Waals surface area contributed by atoms with Crippen molar-refractivity contribution in [3.8, 4) is 17.4 Å². The summed E-state index contributed by atoms with van der Waals surface area (Å²) in [4.78, 5) is 2.28. The Morgan fingerprint density at radius 2 is 1.91 bits per heavy atom. The number of piperidine rings is 1. The third kappa shape index (κ3) is 5.48. The van der Waals surface area contributed by atoms with Crippen LogP contribution in [0.5, 0.6) is 5.75 Å². The quantitative estimate of drug-likeness (QED) is 0.309. The molecule has 0 aliphatic carbocycles. The minimum Gasteiger partial charge on any atom is -0.490 e. The van der Waals surface area contributed by atoms with Crippen LogP contribution in [-0.2, 0) is 6.42 Å². The molecule has 4 aromatic rings. The SMILES string of the molecule is CCc1nnc(-c2cc3c(OC[C@@H](O)CN4CCC(c5ccc(Cl)c(Cl)c5)CC4)cccc3o2)o1. The first-order chi connectivity index (χ1) is 17.0. The number of rotatable bonds is 8. The van der Waals surface area contributed by atoms with Crippen LogP contribution in [0.2, 0.25) is 10.0 Å². The first kappa shape index (κ1) is 24.1. The highest BCUT2D eigenvalue weighted by Gasteiger charge is 2.23. The van der Waals surface area contributed by atoms with E-state index in [1.807, 2.05) is 43.3 Å². The number of β-amino-alcohol motifs (C(OH)–C–C–N with tert-alkyl or cyclic N) is 1. The van der Waals surface area contributed by atoms with E-state index in [-0.39, 0.29) is 6.61 Å². The molecule has 1 aliphatic heterocycles. The van der Waals surface area contributed by atoms with E-state index >= 15 is 0 Å². The first-order valence-electron chi connectivity index (χ1n) is 11.8. The topological polar surface area (TPSA) is 84.8 Å². The van der Waals surface area contributed by atoms with Gasteiger partial charge in [0.2, 0.25) is 5.89 Å².